The fourth-order valence-electron chi connectivity index (χ4n) is 3.92. The number of morpholine rings is 1. The number of amides is 1. The van der Waals surface area contributed by atoms with E-state index in [-0.39, 0.29) is 11.8 Å². The normalized spacial score (nSPS) is 29.8. The molecule has 4 rings (SSSR count). The van der Waals surface area contributed by atoms with Gasteiger partial charge in [-0.05, 0) is 42.9 Å². The first-order valence-corrected chi connectivity index (χ1v) is 8.21. The maximum absolute atomic E-state index is 12.5. The lowest BCUT2D eigenvalue weighted by atomic mass is 9.93. The maximum atomic E-state index is 12.5. The summed E-state index contributed by atoms with van der Waals surface area (Å²) in [5, 5.41) is 3.12. The highest BCUT2D eigenvalue weighted by Gasteiger charge is 2.39. The van der Waals surface area contributed by atoms with Crippen LogP contribution in [-0.2, 0) is 9.53 Å². The summed E-state index contributed by atoms with van der Waals surface area (Å²) in [5.74, 6) is 1.41. The summed E-state index contributed by atoms with van der Waals surface area (Å²) in [5.41, 5.74) is 2.06. The number of fused-ring (bicyclic) bond motifs is 2. The molecule has 3 aliphatic rings. The molecule has 0 aromatic heterocycles. The highest BCUT2D eigenvalue weighted by atomic mass is 16.5. The molecule has 0 spiro atoms. The number of allylic oxidation sites excluding steroid dienone is 2. The Hall–Kier alpha value is -1.81. The summed E-state index contributed by atoms with van der Waals surface area (Å²) in [7, 11) is 0. The van der Waals surface area contributed by atoms with E-state index >= 15 is 0 Å². The Bertz CT molecular complexity index is 593. The third-order valence-electron chi connectivity index (χ3n) is 5.11. The van der Waals surface area contributed by atoms with Gasteiger partial charge in [-0.25, -0.2) is 0 Å². The van der Waals surface area contributed by atoms with Crippen LogP contribution in [0, 0.1) is 17.8 Å². The van der Waals surface area contributed by atoms with E-state index in [9.17, 15) is 4.79 Å². The molecule has 2 fully saturated rings. The van der Waals surface area contributed by atoms with Gasteiger partial charge in [-0.2, -0.15) is 0 Å². The largest absolute Gasteiger partial charge is 0.378 e. The summed E-state index contributed by atoms with van der Waals surface area (Å²) in [6.45, 7) is 3.37. The van der Waals surface area contributed by atoms with Gasteiger partial charge >= 0.3 is 0 Å². The van der Waals surface area contributed by atoms with Crippen molar-refractivity contribution < 1.29 is 9.53 Å². The van der Waals surface area contributed by atoms with Crippen molar-refractivity contribution in [3.05, 3.63) is 36.4 Å². The van der Waals surface area contributed by atoms with Crippen molar-refractivity contribution in [1.29, 1.82) is 0 Å². The second kappa shape index (κ2) is 5.76. The van der Waals surface area contributed by atoms with Gasteiger partial charge in [0.1, 0.15) is 0 Å². The second-order valence-electron chi connectivity index (χ2n) is 6.53. The average Bonchev–Trinajstić information content (AvgIpc) is 3.19. The fourth-order valence-corrected chi connectivity index (χ4v) is 3.92. The monoisotopic (exact) mass is 298 g/mol. The Kier molecular flexibility index (Phi) is 3.62. The summed E-state index contributed by atoms with van der Waals surface area (Å²) < 4.78 is 5.39. The summed E-state index contributed by atoms with van der Waals surface area (Å²) in [6, 6.07) is 8.17. The summed E-state index contributed by atoms with van der Waals surface area (Å²) in [6.07, 6.45) is 6.66. The van der Waals surface area contributed by atoms with Crippen LogP contribution in [0.4, 0.5) is 11.4 Å². The van der Waals surface area contributed by atoms with Crippen LogP contribution in [0.1, 0.15) is 12.8 Å². The zero-order valence-corrected chi connectivity index (χ0v) is 12.7. The van der Waals surface area contributed by atoms with E-state index in [0.29, 0.717) is 11.8 Å². The van der Waals surface area contributed by atoms with E-state index in [2.05, 4.69) is 34.5 Å². The molecule has 4 nitrogen and oxygen atoms in total. The molecule has 1 aromatic carbocycles. The Morgan fingerprint density at radius 1 is 1.18 bits per heavy atom. The van der Waals surface area contributed by atoms with Gasteiger partial charge in [0.05, 0.1) is 13.2 Å². The molecule has 1 aliphatic heterocycles. The molecule has 1 saturated heterocycles. The minimum atomic E-state index is 0.155. The first-order valence-electron chi connectivity index (χ1n) is 8.21. The topological polar surface area (TPSA) is 41.6 Å². The van der Waals surface area contributed by atoms with Crippen molar-refractivity contribution in [3.63, 3.8) is 0 Å². The number of nitrogens with zero attached hydrogens (tertiary/aromatic N) is 1. The van der Waals surface area contributed by atoms with Gasteiger partial charge in [0.2, 0.25) is 5.91 Å². The predicted molar refractivity (Wildman–Crippen MR) is 86.9 cm³/mol. The molecule has 3 unspecified atom stereocenters. The first kappa shape index (κ1) is 13.8. The van der Waals surface area contributed by atoms with Crippen molar-refractivity contribution in [1.82, 2.24) is 0 Å². The van der Waals surface area contributed by atoms with Crippen LogP contribution in [0.15, 0.2) is 36.4 Å². The molecule has 2 bridgehead atoms. The van der Waals surface area contributed by atoms with E-state index in [1.807, 2.05) is 12.1 Å². The van der Waals surface area contributed by atoms with Gasteiger partial charge in [0.15, 0.2) is 0 Å². The average molecular weight is 298 g/mol. The number of carbonyl (C=O) groups is 1. The number of rotatable bonds is 3. The molecule has 2 aliphatic carbocycles. The smallest absolute Gasteiger partial charge is 0.228 e. The fraction of sp³-hybridized carbons (Fsp3) is 0.500. The summed E-state index contributed by atoms with van der Waals surface area (Å²) >= 11 is 0. The maximum Gasteiger partial charge on any atom is 0.228 e. The van der Waals surface area contributed by atoms with E-state index in [1.165, 1.54) is 0 Å². The molecular weight excluding hydrogens is 276 g/mol. The summed E-state index contributed by atoms with van der Waals surface area (Å²) in [4.78, 5) is 14.8. The van der Waals surface area contributed by atoms with Gasteiger partial charge in [-0.1, -0.05) is 18.2 Å². The lowest BCUT2D eigenvalue weighted by Crippen LogP contribution is -2.36. The number of carbonyl (C=O) groups excluding carboxylic acids is 1. The van der Waals surface area contributed by atoms with Crippen LogP contribution in [-0.4, -0.2) is 32.2 Å². The van der Waals surface area contributed by atoms with Crippen LogP contribution in [0.25, 0.3) is 0 Å². The molecule has 1 N–H and O–H groups in total. The number of anilines is 2. The Balaban J connectivity index is 1.44. The first-order chi connectivity index (χ1) is 10.8. The van der Waals surface area contributed by atoms with Crippen molar-refractivity contribution in [2.75, 3.05) is 36.5 Å². The number of ether oxygens (including phenoxy) is 1. The van der Waals surface area contributed by atoms with Gasteiger partial charge in [-0.3, -0.25) is 4.79 Å². The van der Waals surface area contributed by atoms with Gasteiger partial charge in [0.25, 0.3) is 0 Å². The highest BCUT2D eigenvalue weighted by Crippen LogP contribution is 2.43. The van der Waals surface area contributed by atoms with Crippen LogP contribution >= 0.6 is 0 Å². The SMILES string of the molecule is O=C(Nc1cccc(N2CCOCC2)c1)C1CC2C=CC1C2. The molecule has 1 heterocycles. The predicted octanol–water partition coefficient (Wildman–Crippen LogP) is 2.67. The van der Waals surface area contributed by atoms with Crippen molar-refractivity contribution >= 4 is 17.3 Å². The minimum Gasteiger partial charge on any atom is -0.378 e. The van der Waals surface area contributed by atoms with E-state index in [4.69, 9.17) is 4.74 Å². The van der Waals surface area contributed by atoms with E-state index in [0.717, 1.165) is 50.5 Å². The Morgan fingerprint density at radius 2 is 2.05 bits per heavy atom. The van der Waals surface area contributed by atoms with Crippen molar-refractivity contribution in [3.8, 4) is 0 Å². The number of hydrogen-bond donors (Lipinski definition) is 1. The Morgan fingerprint density at radius 3 is 2.77 bits per heavy atom. The van der Waals surface area contributed by atoms with Crippen LogP contribution in [0.3, 0.4) is 0 Å². The molecular formula is C18H22N2O2. The zero-order chi connectivity index (χ0) is 14.9. The Labute approximate surface area is 131 Å². The number of hydrogen-bond acceptors (Lipinski definition) is 3. The molecule has 4 heteroatoms. The molecule has 22 heavy (non-hydrogen) atoms. The van der Waals surface area contributed by atoms with Gasteiger partial charge in [-0.15, -0.1) is 0 Å². The molecule has 1 aromatic rings. The lowest BCUT2D eigenvalue weighted by Gasteiger charge is -2.29. The molecule has 116 valence electrons. The minimum absolute atomic E-state index is 0.155. The van der Waals surface area contributed by atoms with Crippen LogP contribution in [0.5, 0.6) is 0 Å². The number of nitrogens with one attached hydrogen (secondary N) is 1. The quantitative estimate of drug-likeness (QED) is 0.872. The standard InChI is InChI=1S/C18H22N2O2/c21-18(17-11-13-4-5-14(17)10-13)19-15-2-1-3-16(12-15)20-6-8-22-9-7-20/h1-5,12-14,17H,6-11H2,(H,19,21). The molecule has 3 atom stereocenters. The zero-order valence-electron chi connectivity index (χ0n) is 12.7. The number of benzene rings is 1. The third-order valence-corrected chi connectivity index (χ3v) is 5.11. The van der Waals surface area contributed by atoms with Crippen LogP contribution < -0.4 is 10.2 Å². The van der Waals surface area contributed by atoms with Crippen molar-refractivity contribution in [2.24, 2.45) is 17.8 Å². The third kappa shape index (κ3) is 2.63. The van der Waals surface area contributed by atoms with Crippen molar-refractivity contribution in [2.45, 2.75) is 12.8 Å². The van der Waals surface area contributed by atoms with E-state index in [1.54, 1.807) is 0 Å². The molecule has 1 saturated carbocycles. The van der Waals surface area contributed by atoms with Gasteiger partial charge in [0, 0.05) is 30.4 Å². The van der Waals surface area contributed by atoms with Crippen LogP contribution in [0.2, 0.25) is 0 Å². The molecule has 1 amide bonds. The van der Waals surface area contributed by atoms with Gasteiger partial charge < -0.3 is 15.0 Å². The second-order valence-corrected chi connectivity index (χ2v) is 6.53. The molecule has 0 radical (unpaired) electrons. The van der Waals surface area contributed by atoms with E-state index < -0.39 is 0 Å². The lowest BCUT2D eigenvalue weighted by molar-refractivity contribution is -0.120. The highest BCUT2D eigenvalue weighted by molar-refractivity contribution is 5.93.